The number of halogens is 2. The molecule has 1 atom stereocenters. The van der Waals surface area contributed by atoms with Crippen LogP contribution in [0.4, 0.5) is 0 Å². The van der Waals surface area contributed by atoms with E-state index < -0.39 is 0 Å². The van der Waals surface area contributed by atoms with E-state index in [9.17, 15) is 0 Å². The number of nitrogens with zero attached hydrogens (tertiary/aromatic N) is 1. The molecule has 6 heteroatoms. The largest absolute Gasteiger partial charge is 1.00 e. The molecule has 0 spiro atoms. The molecular formula is C20H20Cl2N2O2. The summed E-state index contributed by atoms with van der Waals surface area (Å²) in [6, 6.07) is 12.5. The van der Waals surface area contributed by atoms with Crippen molar-refractivity contribution in [2.45, 2.75) is 19.5 Å². The Morgan fingerprint density at radius 1 is 1.15 bits per heavy atom. The van der Waals surface area contributed by atoms with Crippen LogP contribution >= 0.6 is 11.6 Å². The summed E-state index contributed by atoms with van der Waals surface area (Å²) in [6.45, 7) is 3.25. The van der Waals surface area contributed by atoms with Crippen molar-refractivity contribution in [3.05, 3.63) is 58.2 Å². The molecule has 0 saturated heterocycles. The monoisotopic (exact) mass is 390 g/mol. The third-order valence-corrected chi connectivity index (χ3v) is 5.79. The number of H-pyrrole nitrogens is 1. The van der Waals surface area contributed by atoms with Gasteiger partial charge in [-0.2, -0.15) is 0 Å². The van der Waals surface area contributed by atoms with Crippen LogP contribution in [0.2, 0.25) is 5.02 Å². The maximum absolute atomic E-state index is 6.51. The van der Waals surface area contributed by atoms with E-state index in [1.54, 1.807) is 0 Å². The van der Waals surface area contributed by atoms with Crippen LogP contribution in [-0.4, -0.2) is 29.9 Å². The maximum Gasteiger partial charge on any atom is 0.231 e. The smallest absolute Gasteiger partial charge is 0.231 e. The van der Waals surface area contributed by atoms with Crippen LogP contribution in [0.1, 0.15) is 16.8 Å². The van der Waals surface area contributed by atoms with E-state index in [1.807, 2.05) is 12.1 Å². The first-order valence-electron chi connectivity index (χ1n) is 8.61. The Labute approximate surface area is 163 Å². The van der Waals surface area contributed by atoms with Crippen LogP contribution in [-0.2, 0) is 19.5 Å². The van der Waals surface area contributed by atoms with E-state index in [4.69, 9.17) is 21.1 Å². The zero-order valence-electron chi connectivity index (χ0n) is 14.5. The fourth-order valence-electron chi connectivity index (χ4n) is 4.12. The number of nitrogens with one attached hydrogen (secondary N) is 1. The van der Waals surface area contributed by atoms with Gasteiger partial charge in [-0.3, -0.25) is 0 Å². The predicted molar refractivity (Wildman–Crippen MR) is 98.0 cm³/mol. The summed E-state index contributed by atoms with van der Waals surface area (Å²) in [5, 5.41) is 2.10. The Balaban J connectivity index is 0.00000168. The number of quaternary nitrogens is 1. The zero-order chi connectivity index (χ0) is 17.0. The molecule has 1 aromatic heterocycles. The molecule has 1 N–H and O–H groups in total. The van der Waals surface area contributed by atoms with E-state index in [0.717, 1.165) is 52.6 Å². The van der Waals surface area contributed by atoms with Crippen LogP contribution in [0.15, 0.2) is 36.4 Å². The summed E-state index contributed by atoms with van der Waals surface area (Å²) in [7, 11) is 2.31. The SMILES string of the molecule is C[N+]1(Cc2cc3c(cc2Cl)OCO3)CCc2[nH]c3ccccc3c2C1.[Cl-]. The van der Waals surface area contributed by atoms with Gasteiger partial charge in [0.15, 0.2) is 11.5 Å². The average Bonchev–Trinajstić information content (AvgIpc) is 3.19. The number of benzene rings is 2. The van der Waals surface area contributed by atoms with Crippen molar-refractivity contribution < 1.29 is 26.4 Å². The van der Waals surface area contributed by atoms with Gasteiger partial charge in [0.2, 0.25) is 6.79 Å². The molecule has 0 aliphatic carbocycles. The zero-order valence-corrected chi connectivity index (χ0v) is 16.0. The number of ether oxygens (including phenoxy) is 2. The highest BCUT2D eigenvalue weighted by atomic mass is 35.5. The molecule has 4 nitrogen and oxygen atoms in total. The Morgan fingerprint density at radius 3 is 2.77 bits per heavy atom. The quantitative estimate of drug-likeness (QED) is 0.668. The van der Waals surface area contributed by atoms with Crippen LogP contribution < -0.4 is 21.9 Å². The second-order valence-electron chi connectivity index (χ2n) is 7.33. The van der Waals surface area contributed by atoms with Gasteiger partial charge in [0.05, 0.1) is 18.6 Å². The molecule has 2 aliphatic rings. The van der Waals surface area contributed by atoms with Gasteiger partial charge in [-0.25, -0.2) is 0 Å². The first kappa shape index (κ1) is 17.5. The van der Waals surface area contributed by atoms with Gasteiger partial charge in [-0.1, -0.05) is 29.8 Å². The van der Waals surface area contributed by atoms with Crippen molar-refractivity contribution in [1.82, 2.24) is 4.98 Å². The van der Waals surface area contributed by atoms with Gasteiger partial charge < -0.3 is 31.3 Å². The van der Waals surface area contributed by atoms with Crippen molar-refractivity contribution in [2.24, 2.45) is 0 Å². The molecule has 0 saturated carbocycles. The normalized spacial score (nSPS) is 20.7. The van der Waals surface area contributed by atoms with Crippen molar-refractivity contribution >= 4 is 22.5 Å². The van der Waals surface area contributed by atoms with Crippen molar-refractivity contribution in [1.29, 1.82) is 0 Å². The van der Waals surface area contributed by atoms with Gasteiger partial charge in [-0.15, -0.1) is 0 Å². The summed E-state index contributed by atoms with van der Waals surface area (Å²) < 4.78 is 11.9. The number of hydrogen-bond acceptors (Lipinski definition) is 2. The standard InChI is InChI=1S/C20H20ClN2O2.ClH/c1-23(10-13-8-19-20(9-16(13)21)25-12-24-19)7-6-18-15(11-23)14-4-2-3-5-17(14)22-18;/h2-5,8-9,22H,6-7,10-12H2,1H3;1H/q+1;/p-1. The summed E-state index contributed by atoms with van der Waals surface area (Å²) in [5.41, 5.74) is 5.19. The van der Waals surface area contributed by atoms with E-state index in [2.05, 4.69) is 36.3 Å². The fraction of sp³-hybridized carbons (Fsp3) is 0.300. The molecule has 0 fully saturated rings. The average molecular weight is 391 g/mol. The Morgan fingerprint density at radius 2 is 1.92 bits per heavy atom. The highest BCUT2D eigenvalue weighted by Gasteiger charge is 2.32. The molecule has 0 bridgehead atoms. The van der Waals surface area contributed by atoms with Gasteiger partial charge >= 0.3 is 0 Å². The maximum atomic E-state index is 6.51. The number of rotatable bonds is 2. The minimum Gasteiger partial charge on any atom is -1.00 e. The molecule has 2 aliphatic heterocycles. The minimum atomic E-state index is 0. The number of aromatic nitrogens is 1. The number of likely N-dealkylation sites (N-methyl/N-ethyl adjacent to an activating group) is 1. The Bertz CT molecular complexity index is 985. The topological polar surface area (TPSA) is 34.2 Å². The molecule has 136 valence electrons. The lowest BCUT2D eigenvalue weighted by atomic mass is 10.0. The highest BCUT2D eigenvalue weighted by Crippen LogP contribution is 2.39. The minimum absolute atomic E-state index is 0. The molecule has 1 unspecified atom stereocenters. The third-order valence-electron chi connectivity index (χ3n) is 5.44. The van der Waals surface area contributed by atoms with Gasteiger partial charge in [-0.05, 0) is 12.1 Å². The molecule has 0 amide bonds. The van der Waals surface area contributed by atoms with Gasteiger partial charge in [0.25, 0.3) is 0 Å². The van der Waals surface area contributed by atoms with Crippen molar-refractivity contribution in [3.63, 3.8) is 0 Å². The Kier molecular flexibility index (Phi) is 4.30. The molecule has 26 heavy (non-hydrogen) atoms. The van der Waals surface area contributed by atoms with Crippen LogP contribution in [0.3, 0.4) is 0 Å². The number of para-hydroxylation sites is 1. The third kappa shape index (κ3) is 2.82. The first-order chi connectivity index (χ1) is 12.1. The second-order valence-corrected chi connectivity index (χ2v) is 7.74. The summed E-state index contributed by atoms with van der Waals surface area (Å²) in [4.78, 5) is 3.59. The highest BCUT2D eigenvalue weighted by molar-refractivity contribution is 6.31. The molecule has 3 heterocycles. The van der Waals surface area contributed by atoms with E-state index in [1.165, 1.54) is 22.2 Å². The molecule has 2 aromatic carbocycles. The van der Waals surface area contributed by atoms with E-state index >= 15 is 0 Å². The van der Waals surface area contributed by atoms with Crippen molar-refractivity contribution in [3.8, 4) is 11.5 Å². The fourth-order valence-corrected chi connectivity index (χ4v) is 4.33. The van der Waals surface area contributed by atoms with Gasteiger partial charge in [0.1, 0.15) is 13.1 Å². The molecule has 0 radical (unpaired) electrons. The molecule has 3 aromatic rings. The van der Waals surface area contributed by atoms with Crippen molar-refractivity contribution in [2.75, 3.05) is 20.4 Å². The van der Waals surface area contributed by atoms with Crippen LogP contribution in [0.25, 0.3) is 10.9 Å². The van der Waals surface area contributed by atoms with E-state index in [-0.39, 0.29) is 19.2 Å². The van der Waals surface area contributed by atoms with Crippen LogP contribution in [0, 0.1) is 0 Å². The predicted octanol–water partition coefficient (Wildman–Crippen LogP) is 1.26. The Hall–Kier alpha value is -1.88. The molecule has 5 rings (SSSR count). The summed E-state index contributed by atoms with van der Waals surface area (Å²) >= 11 is 6.51. The second kappa shape index (κ2) is 6.38. The lowest BCUT2D eigenvalue weighted by Crippen LogP contribution is -3.00. The van der Waals surface area contributed by atoms with Gasteiger partial charge in [0, 0.05) is 40.2 Å². The molecular weight excluding hydrogens is 371 g/mol. The van der Waals surface area contributed by atoms with Crippen LogP contribution in [0.5, 0.6) is 11.5 Å². The number of aromatic amines is 1. The number of hydrogen-bond donors (Lipinski definition) is 1. The summed E-state index contributed by atoms with van der Waals surface area (Å²) in [6.07, 6.45) is 1.06. The number of fused-ring (bicyclic) bond motifs is 4. The summed E-state index contributed by atoms with van der Waals surface area (Å²) in [5.74, 6) is 1.55. The lowest BCUT2D eigenvalue weighted by molar-refractivity contribution is -0.937. The van der Waals surface area contributed by atoms with E-state index in [0.29, 0.717) is 0 Å². The lowest BCUT2D eigenvalue weighted by Gasteiger charge is -2.38. The first-order valence-corrected chi connectivity index (χ1v) is 8.99.